The van der Waals surface area contributed by atoms with Gasteiger partial charge in [0.05, 0.1) is 15.5 Å². The van der Waals surface area contributed by atoms with Gasteiger partial charge in [0.1, 0.15) is 0 Å². The molecule has 138 valence electrons. The van der Waals surface area contributed by atoms with E-state index >= 15 is 0 Å². The Morgan fingerprint density at radius 1 is 1.19 bits per heavy atom. The Balaban J connectivity index is 1.67. The number of carbonyl (C=O) groups is 1. The van der Waals surface area contributed by atoms with Crippen LogP contribution >= 0.6 is 22.9 Å². The lowest BCUT2D eigenvalue weighted by Gasteiger charge is -2.33. The fourth-order valence-corrected chi connectivity index (χ4v) is 6.70. The van der Waals surface area contributed by atoms with E-state index in [2.05, 4.69) is 11.8 Å². The van der Waals surface area contributed by atoms with Crippen LogP contribution in [0.1, 0.15) is 22.2 Å². The zero-order chi connectivity index (χ0) is 18.5. The summed E-state index contributed by atoms with van der Waals surface area (Å²) >= 11 is 7.37. The summed E-state index contributed by atoms with van der Waals surface area (Å²) in [4.78, 5) is 18.8. The summed E-state index contributed by atoms with van der Waals surface area (Å²) in [5, 5.41) is 0.400. The average molecular weight is 411 g/mol. The first-order chi connectivity index (χ1) is 12.4. The molecule has 0 bridgehead atoms. The molecule has 3 heterocycles. The molecule has 1 aromatic heterocycles. The second-order valence-electron chi connectivity index (χ2n) is 6.59. The molecule has 0 atom stereocenters. The summed E-state index contributed by atoms with van der Waals surface area (Å²) in [5.41, 5.74) is 1.36. The van der Waals surface area contributed by atoms with Gasteiger partial charge in [-0.3, -0.25) is 4.79 Å². The molecule has 1 saturated heterocycles. The van der Waals surface area contributed by atoms with Crippen molar-refractivity contribution in [3.63, 3.8) is 0 Å². The highest BCUT2D eigenvalue weighted by Crippen LogP contribution is 2.43. The average Bonchev–Trinajstić information content (AvgIpc) is 3.04. The maximum atomic E-state index is 12.9. The minimum absolute atomic E-state index is 0.00642. The lowest BCUT2D eigenvalue weighted by molar-refractivity contribution is 0.0648. The highest BCUT2D eigenvalue weighted by molar-refractivity contribution is 7.91. The Morgan fingerprint density at radius 2 is 1.92 bits per heavy atom. The van der Waals surface area contributed by atoms with Gasteiger partial charge in [-0.05, 0) is 30.3 Å². The second-order valence-corrected chi connectivity index (χ2v) is 10.0. The molecule has 0 N–H and O–H groups in total. The van der Waals surface area contributed by atoms with Gasteiger partial charge in [0.15, 0.2) is 9.84 Å². The Kier molecular flexibility index (Phi) is 4.59. The van der Waals surface area contributed by atoms with Crippen molar-refractivity contribution in [2.45, 2.75) is 17.6 Å². The van der Waals surface area contributed by atoms with E-state index in [1.165, 1.54) is 17.4 Å². The van der Waals surface area contributed by atoms with Crippen molar-refractivity contribution in [3.8, 4) is 10.4 Å². The van der Waals surface area contributed by atoms with E-state index in [0.29, 0.717) is 34.1 Å². The molecule has 1 aromatic carbocycles. The number of likely N-dealkylation sites (N-methyl/N-ethyl adjacent to an activating group) is 1. The number of nitrogens with zero attached hydrogens (tertiary/aromatic N) is 2. The number of hydrogen-bond acceptors (Lipinski definition) is 5. The first-order valence-electron chi connectivity index (χ1n) is 8.56. The van der Waals surface area contributed by atoms with E-state index in [0.717, 1.165) is 24.5 Å². The molecular weight excluding hydrogens is 392 g/mol. The van der Waals surface area contributed by atoms with Crippen LogP contribution in [0.25, 0.3) is 10.4 Å². The Hall–Kier alpha value is -1.41. The van der Waals surface area contributed by atoms with Crippen LogP contribution in [0.4, 0.5) is 0 Å². The number of rotatable bonds is 2. The predicted octanol–water partition coefficient (Wildman–Crippen LogP) is 3.13. The monoisotopic (exact) mass is 410 g/mol. The van der Waals surface area contributed by atoms with Crippen molar-refractivity contribution >= 4 is 38.7 Å². The van der Waals surface area contributed by atoms with Crippen LogP contribution in [0.5, 0.6) is 0 Å². The summed E-state index contributed by atoms with van der Waals surface area (Å²) in [5.74, 6) is -0.0867. The summed E-state index contributed by atoms with van der Waals surface area (Å²) in [6, 6.07) is 6.68. The van der Waals surface area contributed by atoms with E-state index in [1.54, 1.807) is 18.2 Å². The van der Waals surface area contributed by atoms with Gasteiger partial charge in [-0.25, -0.2) is 8.42 Å². The summed E-state index contributed by atoms with van der Waals surface area (Å²) in [6.45, 7) is 6.28. The minimum atomic E-state index is -3.44. The molecule has 0 unspecified atom stereocenters. The summed E-state index contributed by atoms with van der Waals surface area (Å²) in [6.07, 6.45) is 0. The predicted molar refractivity (Wildman–Crippen MR) is 104 cm³/mol. The van der Waals surface area contributed by atoms with E-state index in [9.17, 15) is 13.2 Å². The van der Waals surface area contributed by atoms with E-state index < -0.39 is 9.84 Å². The highest BCUT2D eigenvalue weighted by Gasteiger charge is 2.32. The number of amides is 1. The molecule has 2 aromatic rings. The number of carbonyl (C=O) groups excluding carboxylic acids is 1. The Bertz CT molecular complexity index is 976. The van der Waals surface area contributed by atoms with E-state index in [4.69, 9.17) is 11.6 Å². The van der Waals surface area contributed by atoms with Crippen molar-refractivity contribution in [1.82, 2.24) is 9.80 Å². The smallest absolute Gasteiger partial charge is 0.264 e. The molecule has 0 aliphatic carbocycles. The van der Waals surface area contributed by atoms with Crippen LogP contribution in [-0.2, 0) is 15.6 Å². The molecule has 4 rings (SSSR count). The normalized spacial score (nSPS) is 19.1. The highest BCUT2D eigenvalue weighted by atomic mass is 35.5. The van der Waals surface area contributed by atoms with E-state index in [1.807, 2.05) is 4.90 Å². The van der Waals surface area contributed by atoms with Crippen LogP contribution in [0.2, 0.25) is 5.02 Å². The number of fused-ring (bicyclic) bond motifs is 3. The maximum Gasteiger partial charge on any atom is 0.264 e. The number of sulfone groups is 1. The summed E-state index contributed by atoms with van der Waals surface area (Å²) < 4.78 is 25.2. The van der Waals surface area contributed by atoms with Crippen molar-refractivity contribution in [1.29, 1.82) is 0 Å². The third-order valence-electron chi connectivity index (χ3n) is 5.00. The van der Waals surface area contributed by atoms with Crippen LogP contribution in [-0.4, -0.2) is 56.8 Å². The largest absolute Gasteiger partial charge is 0.335 e. The molecule has 0 saturated carbocycles. The zero-order valence-electron chi connectivity index (χ0n) is 14.4. The van der Waals surface area contributed by atoms with Gasteiger partial charge >= 0.3 is 0 Å². The number of piperazine rings is 1. The van der Waals surface area contributed by atoms with Gasteiger partial charge < -0.3 is 9.80 Å². The minimum Gasteiger partial charge on any atom is -0.335 e. The topological polar surface area (TPSA) is 57.7 Å². The van der Waals surface area contributed by atoms with Crippen molar-refractivity contribution < 1.29 is 13.2 Å². The first kappa shape index (κ1) is 18.0. The molecule has 26 heavy (non-hydrogen) atoms. The standard InChI is InChI=1S/C18H19ClN2O3S2/c1-2-20-5-7-21(8-6-20)18(22)15-9-12-11-26(23,24)16-10-13(19)3-4-14(16)17(12)25-15/h3-4,9-10H,2,5-8,11H2,1H3. The van der Waals surface area contributed by atoms with Crippen LogP contribution in [0.3, 0.4) is 0 Å². The molecule has 1 amide bonds. The molecular formula is C18H19ClN2O3S2. The Morgan fingerprint density at radius 3 is 2.62 bits per heavy atom. The van der Waals surface area contributed by atoms with Crippen LogP contribution in [0, 0.1) is 0 Å². The number of hydrogen-bond donors (Lipinski definition) is 0. The summed E-state index contributed by atoms with van der Waals surface area (Å²) in [7, 11) is -3.44. The molecule has 5 nitrogen and oxygen atoms in total. The lowest BCUT2D eigenvalue weighted by Crippen LogP contribution is -2.48. The number of benzene rings is 1. The second kappa shape index (κ2) is 6.64. The van der Waals surface area contributed by atoms with Crippen molar-refractivity contribution in [2.75, 3.05) is 32.7 Å². The van der Waals surface area contributed by atoms with Crippen LogP contribution in [0.15, 0.2) is 29.2 Å². The third-order valence-corrected chi connectivity index (χ3v) is 8.13. The Labute approximate surface area is 162 Å². The molecule has 8 heteroatoms. The van der Waals surface area contributed by atoms with Gasteiger partial charge in [-0.2, -0.15) is 0 Å². The van der Waals surface area contributed by atoms with Crippen molar-refractivity contribution in [3.05, 3.63) is 39.7 Å². The van der Waals surface area contributed by atoms with Gasteiger partial charge in [0.2, 0.25) is 0 Å². The van der Waals surface area contributed by atoms with Gasteiger partial charge in [-0.15, -0.1) is 11.3 Å². The molecule has 1 fully saturated rings. The SMILES string of the molecule is CCN1CCN(C(=O)c2cc3c(s2)-c2ccc(Cl)cc2S(=O)(=O)C3)CC1. The zero-order valence-corrected chi connectivity index (χ0v) is 16.8. The van der Waals surface area contributed by atoms with E-state index in [-0.39, 0.29) is 16.6 Å². The quantitative estimate of drug-likeness (QED) is 0.763. The molecule has 0 spiro atoms. The van der Waals surface area contributed by atoms with Gasteiger partial charge in [0.25, 0.3) is 5.91 Å². The lowest BCUT2D eigenvalue weighted by atomic mass is 10.1. The molecule has 2 aliphatic rings. The van der Waals surface area contributed by atoms with Crippen molar-refractivity contribution in [2.24, 2.45) is 0 Å². The fraction of sp³-hybridized carbons (Fsp3) is 0.389. The maximum absolute atomic E-state index is 12.9. The van der Waals surface area contributed by atoms with Gasteiger partial charge in [0, 0.05) is 41.6 Å². The van der Waals surface area contributed by atoms with Crippen LogP contribution < -0.4 is 0 Å². The fourth-order valence-electron chi connectivity index (χ4n) is 3.52. The molecule has 2 aliphatic heterocycles. The number of halogens is 1. The third kappa shape index (κ3) is 3.07. The number of thiophene rings is 1. The first-order valence-corrected chi connectivity index (χ1v) is 11.4. The van der Waals surface area contributed by atoms with Gasteiger partial charge in [-0.1, -0.05) is 24.6 Å². The molecule has 0 radical (unpaired) electrons.